The summed E-state index contributed by atoms with van der Waals surface area (Å²) in [5, 5.41) is 28.8. The molecule has 3 rings (SSSR count). The van der Waals surface area contributed by atoms with Crippen molar-refractivity contribution < 1.29 is 20.1 Å². The summed E-state index contributed by atoms with van der Waals surface area (Å²) in [7, 11) is 0. The normalized spacial score (nSPS) is 10.2. The molecular weight excluding hydrogens is 497 g/mol. The number of nitrogen functional groups attached to an aromatic ring is 3. The number of rotatable bonds is 6. The van der Waals surface area contributed by atoms with Gasteiger partial charge in [-0.15, -0.1) is 0 Å². The van der Waals surface area contributed by atoms with E-state index in [0.717, 1.165) is 24.0 Å². The molecule has 9 N–H and O–H groups in total. The highest BCUT2D eigenvalue weighted by Crippen LogP contribution is 2.39. The van der Waals surface area contributed by atoms with E-state index in [9.17, 15) is 15.3 Å². The molecule has 8 heteroatoms. The molecule has 3 aromatic carbocycles. The van der Waals surface area contributed by atoms with Crippen LogP contribution in [0.15, 0.2) is 48.5 Å². The number of hydrogen-bond acceptors (Lipinski definition) is 7. The van der Waals surface area contributed by atoms with Gasteiger partial charge in [-0.3, -0.25) is 0 Å². The van der Waals surface area contributed by atoms with E-state index < -0.39 is 0 Å². The van der Waals surface area contributed by atoms with E-state index in [1.165, 1.54) is 12.1 Å². The molecule has 0 saturated carbocycles. The van der Waals surface area contributed by atoms with E-state index >= 15 is 0 Å². The monoisotopic (exact) mass is 523 g/mol. The molecule has 3 aromatic rings. The minimum atomic E-state index is -0.312. The highest BCUT2D eigenvalue weighted by atomic mass is 127. The molecule has 0 aliphatic rings. The minimum absolute atomic E-state index is 0.0625. The summed E-state index contributed by atoms with van der Waals surface area (Å²) in [6, 6.07) is 13.9. The summed E-state index contributed by atoms with van der Waals surface area (Å²) < 4.78 is 5.64. The van der Waals surface area contributed by atoms with Gasteiger partial charge in [0.25, 0.3) is 0 Å². The molecule has 7 nitrogen and oxygen atoms in total. The number of benzene rings is 3. The zero-order valence-corrected chi connectivity index (χ0v) is 18.8. The predicted molar refractivity (Wildman–Crippen MR) is 130 cm³/mol. The first kappa shape index (κ1) is 23.3. The van der Waals surface area contributed by atoms with Crippen molar-refractivity contribution in [2.45, 2.75) is 12.8 Å². The largest absolute Gasteiger partial charge is 0.506 e. The smallest absolute Gasteiger partial charge is 0.181 e. The Morgan fingerprint density at radius 1 is 0.767 bits per heavy atom. The van der Waals surface area contributed by atoms with Crippen LogP contribution >= 0.6 is 22.6 Å². The molecule has 0 bridgehead atoms. The van der Waals surface area contributed by atoms with Gasteiger partial charge in [0.2, 0.25) is 0 Å². The molecule has 0 saturated heterocycles. The lowest BCUT2D eigenvalue weighted by Gasteiger charge is -2.12. The van der Waals surface area contributed by atoms with Crippen LogP contribution < -0.4 is 21.9 Å². The SMILES string of the molecule is CI.Nc1c(O)ccc(OCCCc2ccc(-c3ccc(O)c(O)c3N)cc2)c1N. The van der Waals surface area contributed by atoms with Crippen molar-refractivity contribution in [1.29, 1.82) is 0 Å². The summed E-state index contributed by atoms with van der Waals surface area (Å²) in [6.45, 7) is 0.453. The lowest BCUT2D eigenvalue weighted by molar-refractivity contribution is 0.312. The molecule has 0 amide bonds. The Morgan fingerprint density at radius 2 is 1.40 bits per heavy atom. The summed E-state index contributed by atoms with van der Waals surface area (Å²) in [5.41, 5.74) is 20.5. The van der Waals surface area contributed by atoms with Crippen molar-refractivity contribution in [2.75, 3.05) is 28.7 Å². The molecule has 0 spiro atoms. The van der Waals surface area contributed by atoms with Gasteiger partial charge in [-0.1, -0.05) is 46.9 Å². The van der Waals surface area contributed by atoms with E-state index in [4.69, 9.17) is 21.9 Å². The Kier molecular flexibility index (Phi) is 8.28. The van der Waals surface area contributed by atoms with E-state index in [1.54, 1.807) is 12.1 Å². The molecule has 0 unspecified atom stereocenters. The van der Waals surface area contributed by atoms with E-state index in [0.29, 0.717) is 17.9 Å². The quantitative estimate of drug-likeness (QED) is 0.0929. The van der Waals surface area contributed by atoms with E-state index in [1.807, 2.05) is 29.2 Å². The second-order valence-electron chi connectivity index (χ2n) is 6.45. The summed E-state index contributed by atoms with van der Waals surface area (Å²) in [6.07, 6.45) is 1.56. The molecule has 0 radical (unpaired) electrons. The van der Waals surface area contributed by atoms with Gasteiger partial charge in [-0.2, -0.15) is 0 Å². The summed E-state index contributed by atoms with van der Waals surface area (Å²) in [5.74, 6) is -0.164. The molecule has 0 aromatic heterocycles. The number of nitrogens with two attached hydrogens (primary N) is 3. The number of alkyl halides is 1. The Bertz CT molecular complexity index is 995. The first-order valence-corrected chi connectivity index (χ1v) is 11.3. The van der Waals surface area contributed by atoms with Gasteiger partial charge in [0.1, 0.15) is 22.9 Å². The molecule has 160 valence electrons. The average Bonchev–Trinajstić information content (AvgIpc) is 2.77. The second-order valence-corrected chi connectivity index (χ2v) is 6.45. The number of phenols is 3. The summed E-state index contributed by atoms with van der Waals surface area (Å²) in [4.78, 5) is 1.97. The Hall–Kier alpha value is -3.01. The molecule has 0 atom stereocenters. The maximum Gasteiger partial charge on any atom is 0.181 e. The van der Waals surface area contributed by atoms with Crippen LogP contribution in [0.3, 0.4) is 0 Å². The van der Waals surface area contributed by atoms with Crippen LogP contribution in [0.5, 0.6) is 23.0 Å². The highest BCUT2D eigenvalue weighted by molar-refractivity contribution is 14.1. The molecule has 0 heterocycles. The number of phenolic OH excluding ortho intramolecular Hbond substituents is 3. The molecular formula is C22H26IN3O4. The Balaban J connectivity index is 0.00000155. The standard InChI is InChI=1S/C21H23N3O4.CH3I/c22-18-14(7-8-16(26)21(18)27)13-5-3-12(4-6-13)2-1-11-28-17-10-9-15(25)19(23)20(17)24;1-2/h3-10,25-27H,1-2,11,22-24H2;1H3. The van der Waals surface area contributed by atoms with Gasteiger partial charge in [0.15, 0.2) is 11.5 Å². The van der Waals surface area contributed by atoms with Crippen molar-refractivity contribution in [3.63, 3.8) is 0 Å². The maximum atomic E-state index is 9.77. The van der Waals surface area contributed by atoms with Crippen LogP contribution in [-0.2, 0) is 6.42 Å². The van der Waals surface area contributed by atoms with E-state index in [-0.39, 0.29) is 34.3 Å². The Morgan fingerprint density at radius 3 is 2.07 bits per heavy atom. The molecule has 30 heavy (non-hydrogen) atoms. The number of hydrogen-bond donors (Lipinski definition) is 6. The third-order valence-corrected chi connectivity index (χ3v) is 4.55. The van der Waals surface area contributed by atoms with Crippen LogP contribution in [-0.4, -0.2) is 26.9 Å². The number of anilines is 3. The van der Waals surface area contributed by atoms with Gasteiger partial charge in [0, 0.05) is 5.56 Å². The van der Waals surface area contributed by atoms with E-state index in [2.05, 4.69) is 22.6 Å². The number of aromatic hydroxyl groups is 3. The van der Waals surface area contributed by atoms with Gasteiger partial charge in [0.05, 0.1) is 12.3 Å². The van der Waals surface area contributed by atoms with Crippen molar-refractivity contribution in [2.24, 2.45) is 0 Å². The van der Waals surface area contributed by atoms with Gasteiger partial charge in [-0.25, -0.2) is 0 Å². The third-order valence-electron chi connectivity index (χ3n) is 4.55. The van der Waals surface area contributed by atoms with Crippen LogP contribution in [0.1, 0.15) is 12.0 Å². The van der Waals surface area contributed by atoms with Crippen LogP contribution in [0, 0.1) is 0 Å². The van der Waals surface area contributed by atoms with Gasteiger partial charge in [-0.05, 0) is 53.2 Å². The number of halogens is 1. The number of ether oxygens (including phenoxy) is 1. The molecule has 0 aliphatic carbocycles. The maximum absolute atomic E-state index is 9.77. The molecule has 0 fully saturated rings. The first-order valence-electron chi connectivity index (χ1n) is 9.15. The average molecular weight is 523 g/mol. The van der Waals surface area contributed by atoms with Crippen molar-refractivity contribution in [1.82, 2.24) is 0 Å². The highest BCUT2D eigenvalue weighted by Gasteiger charge is 2.11. The zero-order valence-electron chi connectivity index (χ0n) is 16.6. The fourth-order valence-electron chi connectivity index (χ4n) is 2.89. The second kappa shape index (κ2) is 10.7. The first-order chi connectivity index (χ1) is 14.4. The van der Waals surface area contributed by atoms with Crippen LogP contribution in [0.25, 0.3) is 11.1 Å². The Labute approximate surface area is 189 Å². The van der Waals surface area contributed by atoms with Crippen molar-refractivity contribution in [3.05, 3.63) is 54.1 Å². The zero-order chi connectivity index (χ0) is 22.3. The fraction of sp³-hybridized carbons (Fsp3) is 0.182. The van der Waals surface area contributed by atoms with Crippen LogP contribution in [0.2, 0.25) is 0 Å². The van der Waals surface area contributed by atoms with Crippen molar-refractivity contribution >= 4 is 39.7 Å². The lowest BCUT2D eigenvalue weighted by atomic mass is 10.00. The number of aryl methyl sites for hydroxylation is 1. The minimum Gasteiger partial charge on any atom is -0.506 e. The third kappa shape index (κ3) is 5.32. The summed E-state index contributed by atoms with van der Waals surface area (Å²) >= 11 is 2.15. The predicted octanol–water partition coefficient (Wildman–Crippen LogP) is 4.28. The fourth-order valence-corrected chi connectivity index (χ4v) is 2.89. The molecule has 0 aliphatic heterocycles. The topological polar surface area (TPSA) is 148 Å². The van der Waals surface area contributed by atoms with Crippen molar-refractivity contribution in [3.8, 4) is 34.1 Å². The lowest BCUT2D eigenvalue weighted by Crippen LogP contribution is -2.04. The van der Waals surface area contributed by atoms with Crippen LogP contribution in [0.4, 0.5) is 17.1 Å². The van der Waals surface area contributed by atoms with Gasteiger partial charge < -0.3 is 37.3 Å². The van der Waals surface area contributed by atoms with Gasteiger partial charge >= 0.3 is 0 Å².